The lowest BCUT2D eigenvalue weighted by molar-refractivity contribution is -0.116. The Hall–Kier alpha value is -2.65. The van der Waals surface area contributed by atoms with E-state index in [4.69, 9.17) is 5.11 Å². The molecule has 3 nitrogen and oxygen atoms in total. The number of benzene rings is 2. The average molecular weight is 394 g/mol. The zero-order valence-corrected chi connectivity index (χ0v) is 18.7. The van der Waals surface area contributed by atoms with Crippen LogP contribution in [0, 0.1) is 20.8 Å². The van der Waals surface area contributed by atoms with Gasteiger partial charge in [0.2, 0.25) is 0 Å². The van der Waals surface area contributed by atoms with E-state index in [1.807, 2.05) is 6.08 Å². The molecule has 0 aliphatic rings. The minimum absolute atomic E-state index is 0.160. The highest BCUT2D eigenvalue weighted by Crippen LogP contribution is 2.28. The Labute approximate surface area is 176 Å². The molecule has 0 bridgehead atoms. The number of Topliss-reactive ketones (excluding diaryl/α,β-unsaturated/α-hetero) is 1. The van der Waals surface area contributed by atoms with Gasteiger partial charge in [-0.15, -0.1) is 0 Å². The van der Waals surface area contributed by atoms with Crippen LogP contribution in [0.1, 0.15) is 42.0 Å². The van der Waals surface area contributed by atoms with E-state index < -0.39 is 0 Å². The molecule has 0 unspecified atom stereocenters. The summed E-state index contributed by atoms with van der Waals surface area (Å²) >= 11 is 0. The summed E-state index contributed by atoms with van der Waals surface area (Å²) in [5.74, 6) is 0.160. The number of carbonyl (C=O) groups is 1. The molecule has 0 fully saturated rings. The fraction of sp³-hybridized carbons (Fsp3) is 0.346. The molecule has 0 heterocycles. The smallest absolute Gasteiger partial charge is 0.134 e. The molecule has 2 aromatic rings. The number of aliphatic hydroxyl groups is 1. The van der Waals surface area contributed by atoms with Crippen LogP contribution in [-0.4, -0.2) is 25.0 Å². The fourth-order valence-corrected chi connectivity index (χ4v) is 3.52. The zero-order valence-electron chi connectivity index (χ0n) is 18.7. The summed E-state index contributed by atoms with van der Waals surface area (Å²) < 4.78 is 0. The van der Waals surface area contributed by atoms with Crippen LogP contribution in [0.5, 0.6) is 0 Å². The number of hydrogen-bond donors (Lipinski definition) is 1. The van der Waals surface area contributed by atoms with Gasteiger partial charge in [0, 0.05) is 32.0 Å². The molecule has 2 aromatic carbocycles. The highest BCUT2D eigenvalue weighted by molar-refractivity contribution is 5.79. The van der Waals surface area contributed by atoms with Crippen molar-refractivity contribution in [3.8, 4) is 0 Å². The summed E-state index contributed by atoms with van der Waals surface area (Å²) in [6.07, 6.45) is 4.06. The van der Waals surface area contributed by atoms with Crippen LogP contribution in [0.2, 0.25) is 0 Å². The van der Waals surface area contributed by atoms with Gasteiger partial charge in [-0.3, -0.25) is 4.79 Å². The predicted molar refractivity (Wildman–Crippen MR) is 124 cm³/mol. The second kappa shape index (κ2) is 12.0. The highest BCUT2D eigenvalue weighted by Gasteiger charge is 2.15. The number of carbonyl (C=O) groups excluding carboxylic acids is 1. The normalized spacial score (nSPS) is 11.1. The largest absolute Gasteiger partial charge is 0.400 e. The van der Waals surface area contributed by atoms with E-state index in [-0.39, 0.29) is 5.78 Å². The highest BCUT2D eigenvalue weighted by atomic mass is 16.2. The second-order valence-corrected chi connectivity index (χ2v) is 7.26. The molecule has 29 heavy (non-hydrogen) atoms. The van der Waals surface area contributed by atoms with Crippen molar-refractivity contribution < 1.29 is 9.90 Å². The maximum Gasteiger partial charge on any atom is 0.134 e. The first kappa shape index (κ1) is 24.4. The van der Waals surface area contributed by atoms with Crippen molar-refractivity contribution in [2.75, 3.05) is 19.1 Å². The van der Waals surface area contributed by atoms with Gasteiger partial charge in [0.25, 0.3) is 0 Å². The first-order chi connectivity index (χ1) is 13.8. The van der Waals surface area contributed by atoms with Crippen LogP contribution >= 0.6 is 0 Å². The second-order valence-electron chi connectivity index (χ2n) is 7.26. The minimum Gasteiger partial charge on any atom is -0.400 e. The summed E-state index contributed by atoms with van der Waals surface area (Å²) in [6.45, 7) is 12.1. The number of ketones is 1. The Balaban J connectivity index is 0.00000204. The van der Waals surface area contributed by atoms with Crippen molar-refractivity contribution in [2.45, 2.75) is 47.0 Å². The number of allylic oxidation sites excluding steroid dienone is 3. The van der Waals surface area contributed by atoms with Crippen molar-refractivity contribution in [1.29, 1.82) is 0 Å². The van der Waals surface area contributed by atoms with Gasteiger partial charge in [0.15, 0.2) is 0 Å². The number of rotatable bonds is 8. The third-order valence-electron chi connectivity index (χ3n) is 5.29. The van der Waals surface area contributed by atoms with Crippen LogP contribution in [0.25, 0.3) is 0 Å². The SMILES string of the molecule is C=C/C(CC(C)=O)=C(/CCc1cccc(C)c1C)N(C)c1ccccc1C.CO. The van der Waals surface area contributed by atoms with Crippen LogP contribution in [0.15, 0.2) is 66.4 Å². The Morgan fingerprint density at radius 1 is 1.03 bits per heavy atom. The molecule has 0 spiro atoms. The standard InChI is InChI=1S/C25H31NO.CH4O/c1-7-22(17-20(4)27)25(26(6)24-14-9-8-11-19(24)3)16-15-23-13-10-12-18(2)21(23)5;1-2/h7-14H,1,15-17H2,2-6H3;2H,1H3/b25-22+;. The van der Waals surface area contributed by atoms with Crippen molar-refractivity contribution in [3.05, 3.63) is 88.6 Å². The van der Waals surface area contributed by atoms with E-state index in [2.05, 4.69) is 81.8 Å². The van der Waals surface area contributed by atoms with Crippen molar-refractivity contribution in [1.82, 2.24) is 0 Å². The molecule has 0 atom stereocenters. The third-order valence-corrected chi connectivity index (χ3v) is 5.29. The lowest BCUT2D eigenvalue weighted by Crippen LogP contribution is -2.20. The van der Waals surface area contributed by atoms with Crippen molar-refractivity contribution in [3.63, 3.8) is 0 Å². The van der Waals surface area contributed by atoms with E-state index >= 15 is 0 Å². The summed E-state index contributed by atoms with van der Waals surface area (Å²) in [7, 11) is 3.09. The number of aliphatic hydroxyl groups excluding tert-OH is 1. The van der Waals surface area contributed by atoms with Crippen LogP contribution in [0.3, 0.4) is 0 Å². The van der Waals surface area contributed by atoms with Gasteiger partial charge in [0.1, 0.15) is 5.78 Å². The molecule has 0 amide bonds. The quantitative estimate of drug-likeness (QED) is 0.584. The van der Waals surface area contributed by atoms with Gasteiger partial charge in [0.05, 0.1) is 0 Å². The Morgan fingerprint density at radius 2 is 1.66 bits per heavy atom. The first-order valence-electron chi connectivity index (χ1n) is 9.98. The van der Waals surface area contributed by atoms with Crippen molar-refractivity contribution >= 4 is 11.5 Å². The van der Waals surface area contributed by atoms with Crippen LogP contribution in [-0.2, 0) is 11.2 Å². The molecule has 0 radical (unpaired) electrons. The molecular weight excluding hydrogens is 358 g/mol. The molecule has 3 heteroatoms. The van der Waals surface area contributed by atoms with Crippen LogP contribution in [0.4, 0.5) is 5.69 Å². The van der Waals surface area contributed by atoms with E-state index in [0.29, 0.717) is 6.42 Å². The number of aryl methyl sites for hydroxylation is 3. The monoisotopic (exact) mass is 393 g/mol. The molecular formula is C26H35NO2. The molecule has 0 saturated carbocycles. The zero-order chi connectivity index (χ0) is 22.0. The summed E-state index contributed by atoms with van der Waals surface area (Å²) in [5.41, 5.74) is 8.58. The van der Waals surface area contributed by atoms with E-state index in [1.54, 1.807) is 6.92 Å². The van der Waals surface area contributed by atoms with Gasteiger partial charge < -0.3 is 10.0 Å². The topological polar surface area (TPSA) is 40.5 Å². The van der Waals surface area contributed by atoms with E-state index in [1.165, 1.54) is 22.3 Å². The number of para-hydroxylation sites is 1. The predicted octanol–water partition coefficient (Wildman–Crippen LogP) is 5.71. The molecule has 0 saturated heterocycles. The average Bonchev–Trinajstić information content (AvgIpc) is 2.71. The molecule has 156 valence electrons. The third kappa shape index (κ3) is 6.72. The molecule has 1 N–H and O–H groups in total. The molecule has 0 aliphatic heterocycles. The molecule has 2 rings (SSSR count). The first-order valence-corrected chi connectivity index (χ1v) is 9.98. The summed E-state index contributed by atoms with van der Waals surface area (Å²) in [6, 6.07) is 14.8. The van der Waals surface area contributed by atoms with E-state index in [9.17, 15) is 4.79 Å². The minimum atomic E-state index is 0.160. The van der Waals surface area contributed by atoms with Crippen LogP contribution < -0.4 is 4.90 Å². The van der Waals surface area contributed by atoms with E-state index in [0.717, 1.165) is 36.9 Å². The molecule has 0 aliphatic carbocycles. The number of nitrogens with zero attached hydrogens (tertiary/aromatic N) is 1. The van der Waals surface area contributed by atoms with Gasteiger partial charge in [-0.1, -0.05) is 49.1 Å². The van der Waals surface area contributed by atoms with Gasteiger partial charge in [-0.2, -0.15) is 0 Å². The van der Waals surface area contributed by atoms with Gasteiger partial charge in [-0.25, -0.2) is 0 Å². The Morgan fingerprint density at radius 3 is 2.24 bits per heavy atom. The maximum absolute atomic E-state index is 11.8. The maximum atomic E-state index is 11.8. The van der Waals surface area contributed by atoms with Gasteiger partial charge >= 0.3 is 0 Å². The lowest BCUT2D eigenvalue weighted by Gasteiger charge is -2.27. The Bertz CT molecular complexity index is 865. The number of hydrogen-bond acceptors (Lipinski definition) is 3. The van der Waals surface area contributed by atoms with Gasteiger partial charge in [-0.05, 0) is 74.4 Å². The Kier molecular flexibility index (Phi) is 10.1. The number of anilines is 1. The fourth-order valence-electron chi connectivity index (χ4n) is 3.52. The summed E-state index contributed by atoms with van der Waals surface area (Å²) in [5, 5.41) is 7.00. The molecule has 0 aromatic heterocycles. The van der Waals surface area contributed by atoms with Crippen molar-refractivity contribution in [2.24, 2.45) is 0 Å². The summed E-state index contributed by atoms with van der Waals surface area (Å²) in [4.78, 5) is 14.0. The lowest BCUT2D eigenvalue weighted by atomic mass is 9.96.